The first-order valence-corrected chi connectivity index (χ1v) is 11.3. The van der Waals surface area contributed by atoms with E-state index < -0.39 is 32.4 Å². The van der Waals surface area contributed by atoms with Gasteiger partial charge in [-0.25, -0.2) is 4.68 Å². The van der Waals surface area contributed by atoms with Gasteiger partial charge in [0, 0.05) is 12.1 Å². The van der Waals surface area contributed by atoms with Crippen LogP contribution in [0.4, 0.5) is 0 Å². The van der Waals surface area contributed by atoms with Crippen LogP contribution in [0.3, 0.4) is 0 Å². The van der Waals surface area contributed by atoms with Crippen LogP contribution in [-0.2, 0) is 15.7 Å². The lowest BCUT2D eigenvalue weighted by Gasteiger charge is -2.39. The molecule has 146 valence electrons. The molecule has 0 saturated heterocycles. The molecular weight excluding hydrogens is 380 g/mol. The van der Waals surface area contributed by atoms with Gasteiger partial charge < -0.3 is 24.1 Å². The van der Waals surface area contributed by atoms with Gasteiger partial charge in [0.1, 0.15) is 4.90 Å². The van der Waals surface area contributed by atoms with Crippen LogP contribution in [0, 0.1) is 0 Å². The Morgan fingerprint density at radius 3 is 2.50 bits per heavy atom. The minimum Gasteiger partial charge on any atom is -0.810 e. The number of allylic oxidation sites excluding steroid dienone is 4. The van der Waals surface area contributed by atoms with E-state index in [9.17, 15) is 28.7 Å². The first kappa shape index (κ1) is 21.2. The molecule has 1 heterocycles. The molecule has 0 bridgehead atoms. The van der Waals surface area contributed by atoms with Crippen LogP contribution in [-0.4, -0.2) is 29.7 Å². The summed E-state index contributed by atoms with van der Waals surface area (Å²) in [6.45, 7) is 6.46. The van der Waals surface area contributed by atoms with Crippen LogP contribution in [0.2, 0.25) is 0 Å². The molecule has 11 heteroatoms. The number of rotatable bonds is 8. The average molecular weight is 403 g/mol. The van der Waals surface area contributed by atoms with Crippen molar-refractivity contribution in [3.05, 3.63) is 35.2 Å². The van der Waals surface area contributed by atoms with E-state index in [1.165, 1.54) is 16.5 Å². The van der Waals surface area contributed by atoms with Crippen molar-refractivity contribution in [2.75, 3.05) is 0 Å². The van der Waals surface area contributed by atoms with E-state index in [-0.39, 0.29) is 5.69 Å². The third-order valence-corrected chi connectivity index (χ3v) is 8.97. The van der Waals surface area contributed by atoms with Gasteiger partial charge in [0.05, 0.1) is 12.2 Å². The smallest absolute Gasteiger partial charge is 0.337 e. The molecule has 0 spiro atoms. The highest BCUT2D eigenvalue weighted by Gasteiger charge is 2.69. The Morgan fingerprint density at radius 1 is 1.35 bits per heavy atom. The fourth-order valence-corrected chi connectivity index (χ4v) is 6.02. The van der Waals surface area contributed by atoms with E-state index >= 15 is 0 Å². The fourth-order valence-electron chi connectivity index (χ4n) is 2.87. The highest BCUT2D eigenvalue weighted by atomic mass is 31.2. The molecule has 1 aromatic rings. The molecule has 9 nitrogen and oxygen atoms in total. The van der Waals surface area contributed by atoms with E-state index in [0.717, 1.165) is 18.4 Å². The van der Waals surface area contributed by atoms with Crippen molar-refractivity contribution < 1.29 is 28.7 Å². The Morgan fingerprint density at radius 2 is 2.00 bits per heavy atom. The average Bonchev–Trinajstić information content (AvgIpc) is 3.11. The van der Waals surface area contributed by atoms with Gasteiger partial charge in [-0.05, 0) is 47.6 Å². The monoisotopic (exact) mass is 403 g/mol. The summed E-state index contributed by atoms with van der Waals surface area (Å²) in [5, 5.41) is 7.65. The number of nitrogens with zero attached hydrogens (tertiary/aromatic N) is 3. The SMILES string of the molecule is CC(C)=CCC/C(C)=C/Cn1cc(C2CC2(P(=O)([O-])[O-])P(=O)(O)O)nn1. The summed E-state index contributed by atoms with van der Waals surface area (Å²) in [5.41, 5.74) is 2.51. The van der Waals surface area contributed by atoms with Crippen LogP contribution in [0.1, 0.15) is 51.6 Å². The molecule has 0 amide bonds. The zero-order chi connectivity index (χ0) is 19.8. The van der Waals surface area contributed by atoms with E-state index in [0.29, 0.717) is 6.54 Å². The van der Waals surface area contributed by atoms with E-state index in [1.54, 1.807) is 0 Å². The van der Waals surface area contributed by atoms with Gasteiger partial charge in [-0.1, -0.05) is 28.5 Å². The van der Waals surface area contributed by atoms with Gasteiger partial charge in [0.15, 0.2) is 0 Å². The second kappa shape index (κ2) is 7.50. The molecular formula is C15H23N3O6P2-2. The van der Waals surface area contributed by atoms with Crippen molar-refractivity contribution >= 4 is 15.2 Å². The van der Waals surface area contributed by atoms with Crippen LogP contribution < -0.4 is 9.79 Å². The lowest BCUT2D eigenvalue weighted by molar-refractivity contribution is -0.316. The molecule has 0 aliphatic heterocycles. The van der Waals surface area contributed by atoms with Gasteiger partial charge in [0.2, 0.25) is 0 Å². The van der Waals surface area contributed by atoms with Gasteiger partial charge in [-0.3, -0.25) is 4.57 Å². The maximum absolute atomic E-state index is 11.6. The molecule has 0 radical (unpaired) electrons. The van der Waals surface area contributed by atoms with Crippen LogP contribution in [0.15, 0.2) is 29.5 Å². The molecule has 2 rings (SSSR count). The summed E-state index contributed by atoms with van der Waals surface area (Å²) in [6.07, 6.45) is 6.92. The topological polar surface area (TPSA) is 151 Å². The maximum Gasteiger partial charge on any atom is 0.337 e. The standard InChI is InChI=1S/C15H25N3O6P2/c1-11(2)5-4-6-12(3)7-8-18-10-14(16-17-18)13-9-15(13,25(19,20)21)26(22,23)24/h5,7,10,13H,4,6,8-9H2,1-3H3,(H2,19,20,21)(H2,22,23,24)/p-2/b12-7+. The molecule has 1 aliphatic rings. The zero-order valence-electron chi connectivity index (χ0n) is 14.9. The van der Waals surface area contributed by atoms with E-state index in [2.05, 4.69) is 16.4 Å². The first-order valence-electron chi connectivity index (χ1n) is 8.15. The Kier molecular flexibility index (Phi) is 6.13. The molecule has 26 heavy (non-hydrogen) atoms. The van der Waals surface area contributed by atoms with Gasteiger partial charge in [-0.15, -0.1) is 5.10 Å². The third kappa shape index (κ3) is 4.42. The Hall–Kier alpha value is -1.08. The van der Waals surface area contributed by atoms with Crippen LogP contribution >= 0.6 is 15.2 Å². The molecule has 2 N–H and O–H groups in total. The molecule has 0 aromatic carbocycles. The summed E-state index contributed by atoms with van der Waals surface area (Å²) < 4.78 is 24.4. The lowest BCUT2D eigenvalue weighted by Crippen LogP contribution is -2.29. The second-order valence-electron chi connectivity index (χ2n) is 6.91. The summed E-state index contributed by atoms with van der Waals surface area (Å²) >= 11 is 0. The Labute approximate surface area is 152 Å². The Bertz CT molecular complexity index is 793. The normalized spacial score (nSPS) is 23.8. The van der Waals surface area contributed by atoms with E-state index in [4.69, 9.17) is 0 Å². The quantitative estimate of drug-likeness (QED) is 0.486. The molecule has 1 fully saturated rings. The van der Waals surface area contributed by atoms with Gasteiger partial charge in [0.25, 0.3) is 0 Å². The summed E-state index contributed by atoms with van der Waals surface area (Å²) in [5.74, 6) is -1.12. The Balaban J connectivity index is 2.06. The maximum atomic E-state index is 11.6. The molecule has 1 aliphatic carbocycles. The molecule has 2 unspecified atom stereocenters. The first-order chi connectivity index (χ1) is 11.9. The number of hydrogen-bond acceptors (Lipinski definition) is 6. The van der Waals surface area contributed by atoms with Crippen molar-refractivity contribution in [1.82, 2.24) is 15.0 Å². The number of hydrogen-bond donors (Lipinski definition) is 2. The fraction of sp³-hybridized carbons (Fsp3) is 0.600. The zero-order valence-corrected chi connectivity index (χ0v) is 16.7. The van der Waals surface area contributed by atoms with E-state index in [1.807, 2.05) is 26.8 Å². The van der Waals surface area contributed by atoms with Gasteiger partial charge >= 0.3 is 7.60 Å². The third-order valence-electron chi connectivity index (χ3n) is 4.51. The summed E-state index contributed by atoms with van der Waals surface area (Å²) in [6, 6.07) is 0. The summed E-state index contributed by atoms with van der Waals surface area (Å²) in [7, 11) is -10.6. The van der Waals surface area contributed by atoms with Crippen molar-refractivity contribution in [2.24, 2.45) is 0 Å². The second-order valence-corrected chi connectivity index (χ2v) is 10.9. The van der Waals surface area contributed by atoms with Gasteiger partial charge in [-0.2, -0.15) is 0 Å². The highest BCUT2D eigenvalue weighted by Crippen LogP contribution is 2.83. The predicted molar refractivity (Wildman–Crippen MR) is 92.2 cm³/mol. The van der Waals surface area contributed by atoms with Crippen molar-refractivity contribution in [3.8, 4) is 0 Å². The highest BCUT2D eigenvalue weighted by molar-refractivity contribution is 7.72. The summed E-state index contributed by atoms with van der Waals surface area (Å²) in [4.78, 5) is 39.0. The molecule has 1 aromatic heterocycles. The molecule has 1 saturated carbocycles. The minimum atomic E-state index is -5.50. The van der Waals surface area contributed by atoms with Crippen molar-refractivity contribution in [1.29, 1.82) is 0 Å². The largest absolute Gasteiger partial charge is 0.810 e. The molecule has 2 atom stereocenters. The van der Waals surface area contributed by atoms with Crippen molar-refractivity contribution in [3.63, 3.8) is 0 Å². The van der Waals surface area contributed by atoms with Crippen molar-refractivity contribution in [2.45, 2.75) is 57.4 Å². The predicted octanol–water partition coefficient (Wildman–Crippen LogP) is 1.25. The van der Waals surface area contributed by atoms with Crippen LogP contribution in [0.5, 0.6) is 0 Å². The van der Waals surface area contributed by atoms with Crippen LogP contribution in [0.25, 0.3) is 0 Å². The lowest BCUT2D eigenvalue weighted by atomic mass is 10.1. The number of aromatic nitrogens is 3. The minimum absolute atomic E-state index is 0.107.